The van der Waals surface area contributed by atoms with Gasteiger partial charge >= 0.3 is 5.97 Å². The van der Waals surface area contributed by atoms with Gasteiger partial charge < -0.3 is 9.30 Å². The molecule has 4 nitrogen and oxygen atoms in total. The van der Waals surface area contributed by atoms with Gasteiger partial charge in [0.25, 0.3) is 0 Å². The van der Waals surface area contributed by atoms with Crippen LogP contribution in [0.15, 0.2) is 0 Å². The Morgan fingerprint density at radius 1 is 1.10 bits per heavy atom. The molecular formula is C15H32NO3P. The van der Waals surface area contributed by atoms with E-state index in [-0.39, 0.29) is 17.7 Å². The summed E-state index contributed by atoms with van der Waals surface area (Å²) in [5.41, 5.74) is 0.200. The highest BCUT2D eigenvalue weighted by Crippen LogP contribution is 2.32. The van der Waals surface area contributed by atoms with Crippen molar-refractivity contribution in [1.29, 1.82) is 0 Å². The number of esters is 1. The van der Waals surface area contributed by atoms with E-state index in [0.29, 0.717) is 0 Å². The molecule has 1 N–H and O–H groups in total. The minimum absolute atomic E-state index is 0.134. The molecule has 0 aliphatic heterocycles. The fourth-order valence-corrected chi connectivity index (χ4v) is 3.92. The summed E-state index contributed by atoms with van der Waals surface area (Å²) in [4.78, 5) is 11.7. The number of rotatable bonds is 11. The number of hydrogen-bond acceptors (Lipinski definition) is 3. The van der Waals surface area contributed by atoms with Gasteiger partial charge in [-0.3, -0.25) is 9.88 Å². The maximum Gasteiger partial charge on any atom is 0.323 e. The SMILES string of the molecule is CCCCCC(CCC)[PH](=O)N[C@@H](C)C(=O)OC(C)C. The lowest BCUT2D eigenvalue weighted by atomic mass is 10.1. The zero-order chi connectivity index (χ0) is 15.5. The second-order valence-corrected chi connectivity index (χ2v) is 7.53. The van der Waals surface area contributed by atoms with Crippen molar-refractivity contribution in [3.05, 3.63) is 0 Å². The Kier molecular flexibility index (Phi) is 11.1. The van der Waals surface area contributed by atoms with Crippen LogP contribution in [0.5, 0.6) is 0 Å². The first-order valence-corrected chi connectivity index (χ1v) is 9.41. The Hall–Kier alpha value is -0.340. The third-order valence-corrected chi connectivity index (χ3v) is 5.26. The highest BCUT2D eigenvalue weighted by atomic mass is 31.1. The summed E-state index contributed by atoms with van der Waals surface area (Å²) in [5.74, 6) is -0.317. The lowest BCUT2D eigenvalue weighted by Crippen LogP contribution is -2.34. The van der Waals surface area contributed by atoms with Crippen LogP contribution in [-0.4, -0.2) is 23.8 Å². The van der Waals surface area contributed by atoms with Crippen LogP contribution in [0, 0.1) is 0 Å². The second kappa shape index (κ2) is 11.3. The molecule has 120 valence electrons. The molecule has 0 spiro atoms. The first-order chi connectivity index (χ1) is 9.42. The number of ether oxygens (including phenoxy) is 1. The van der Waals surface area contributed by atoms with E-state index in [1.165, 1.54) is 12.8 Å². The molecule has 0 fully saturated rings. The molecule has 0 aromatic carbocycles. The molecule has 3 atom stereocenters. The summed E-state index contributed by atoms with van der Waals surface area (Å²) < 4.78 is 17.5. The van der Waals surface area contributed by atoms with E-state index in [1.54, 1.807) is 6.92 Å². The molecule has 0 rings (SSSR count). The van der Waals surface area contributed by atoms with Gasteiger partial charge in [-0.2, -0.15) is 0 Å². The fourth-order valence-electron chi connectivity index (χ4n) is 2.12. The summed E-state index contributed by atoms with van der Waals surface area (Å²) in [6.07, 6.45) is 6.30. The van der Waals surface area contributed by atoms with Gasteiger partial charge in [0.2, 0.25) is 0 Å². The molecule has 2 unspecified atom stereocenters. The highest BCUT2D eigenvalue weighted by Gasteiger charge is 2.22. The monoisotopic (exact) mass is 305 g/mol. The van der Waals surface area contributed by atoms with E-state index in [4.69, 9.17) is 4.74 Å². The Bertz CT molecular complexity index is 295. The molecule has 0 heterocycles. The van der Waals surface area contributed by atoms with Crippen LogP contribution in [0.25, 0.3) is 0 Å². The average Bonchev–Trinajstić information content (AvgIpc) is 2.36. The zero-order valence-electron chi connectivity index (χ0n) is 13.7. The van der Waals surface area contributed by atoms with E-state index in [1.807, 2.05) is 13.8 Å². The predicted octanol–water partition coefficient (Wildman–Crippen LogP) is 4.14. The Balaban J connectivity index is 4.32. The summed E-state index contributed by atoms with van der Waals surface area (Å²) in [6.45, 7) is 9.64. The first kappa shape index (κ1) is 19.7. The lowest BCUT2D eigenvalue weighted by molar-refractivity contribution is -0.148. The standard InChI is InChI=1S/C15H32NO3P/c1-6-8-9-11-14(10-7-2)20(18)16-13(5)15(17)19-12(3)4/h12-14,20H,6-11H2,1-5H3,(H,16,18)/t13-,14?/m0/s1. The summed E-state index contributed by atoms with van der Waals surface area (Å²) in [7, 11) is -1.95. The molecule has 0 aromatic heterocycles. The average molecular weight is 305 g/mol. The van der Waals surface area contributed by atoms with Gasteiger partial charge in [-0.15, -0.1) is 0 Å². The maximum atomic E-state index is 12.4. The molecular weight excluding hydrogens is 273 g/mol. The van der Waals surface area contributed by atoms with Gasteiger partial charge in [0.05, 0.1) is 6.10 Å². The second-order valence-electron chi connectivity index (χ2n) is 5.70. The van der Waals surface area contributed by atoms with Crippen LogP contribution in [-0.2, 0) is 14.1 Å². The van der Waals surface area contributed by atoms with Crippen LogP contribution < -0.4 is 5.09 Å². The summed E-state index contributed by atoms with van der Waals surface area (Å²) in [5, 5.41) is 2.97. The zero-order valence-corrected chi connectivity index (χ0v) is 14.7. The molecule has 0 saturated heterocycles. The number of carbonyl (C=O) groups is 1. The third kappa shape index (κ3) is 8.76. The molecule has 0 saturated carbocycles. The molecule has 0 aromatic rings. The molecule has 0 aliphatic carbocycles. The number of unbranched alkanes of at least 4 members (excludes halogenated alkanes) is 2. The molecule has 20 heavy (non-hydrogen) atoms. The van der Waals surface area contributed by atoms with Gasteiger partial charge in [-0.05, 0) is 33.6 Å². The van der Waals surface area contributed by atoms with Gasteiger partial charge in [0.1, 0.15) is 14.0 Å². The van der Waals surface area contributed by atoms with E-state index in [0.717, 1.165) is 25.7 Å². The smallest absolute Gasteiger partial charge is 0.323 e. The van der Waals surface area contributed by atoms with Crippen molar-refractivity contribution in [3.63, 3.8) is 0 Å². The van der Waals surface area contributed by atoms with Crippen molar-refractivity contribution < 1.29 is 14.1 Å². The minimum atomic E-state index is -1.95. The van der Waals surface area contributed by atoms with E-state index < -0.39 is 14.0 Å². The lowest BCUT2D eigenvalue weighted by Gasteiger charge is -2.20. The maximum absolute atomic E-state index is 12.4. The topological polar surface area (TPSA) is 55.4 Å². The van der Waals surface area contributed by atoms with Crippen molar-refractivity contribution in [3.8, 4) is 0 Å². The van der Waals surface area contributed by atoms with Crippen LogP contribution in [0.4, 0.5) is 0 Å². The molecule has 5 heteroatoms. The molecule has 0 aliphatic rings. The minimum Gasteiger partial charge on any atom is -0.462 e. The Morgan fingerprint density at radius 2 is 1.75 bits per heavy atom. The van der Waals surface area contributed by atoms with Gasteiger partial charge in [-0.25, -0.2) is 0 Å². The van der Waals surface area contributed by atoms with Crippen LogP contribution in [0.3, 0.4) is 0 Å². The van der Waals surface area contributed by atoms with Gasteiger partial charge in [0, 0.05) is 5.66 Å². The van der Waals surface area contributed by atoms with Gasteiger partial charge in [0.15, 0.2) is 0 Å². The van der Waals surface area contributed by atoms with Crippen molar-refractivity contribution in [2.75, 3.05) is 0 Å². The highest BCUT2D eigenvalue weighted by molar-refractivity contribution is 7.43. The van der Waals surface area contributed by atoms with Crippen molar-refractivity contribution in [2.24, 2.45) is 0 Å². The van der Waals surface area contributed by atoms with Crippen LogP contribution in [0.1, 0.15) is 73.1 Å². The van der Waals surface area contributed by atoms with Crippen LogP contribution >= 0.6 is 7.95 Å². The predicted molar refractivity (Wildman–Crippen MR) is 85.7 cm³/mol. The van der Waals surface area contributed by atoms with Crippen molar-refractivity contribution in [2.45, 2.75) is 90.9 Å². The molecule has 0 amide bonds. The number of hydrogen-bond donors (Lipinski definition) is 1. The van der Waals surface area contributed by atoms with Crippen molar-refractivity contribution in [1.82, 2.24) is 5.09 Å². The van der Waals surface area contributed by atoms with E-state index in [2.05, 4.69) is 18.9 Å². The summed E-state index contributed by atoms with van der Waals surface area (Å²) in [6, 6.07) is -0.491. The number of carbonyl (C=O) groups excluding carboxylic acids is 1. The van der Waals surface area contributed by atoms with Crippen molar-refractivity contribution >= 4 is 13.9 Å². The fraction of sp³-hybridized carbons (Fsp3) is 0.933. The normalized spacial score (nSPS) is 15.9. The molecule has 0 bridgehead atoms. The quantitative estimate of drug-likeness (QED) is 0.354. The first-order valence-electron chi connectivity index (χ1n) is 7.93. The van der Waals surface area contributed by atoms with E-state index in [9.17, 15) is 9.36 Å². The Morgan fingerprint density at radius 3 is 2.25 bits per heavy atom. The van der Waals surface area contributed by atoms with E-state index >= 15 is 0 Å². The summed E-state index contributed by atoms with van der Waals surface area (Å²) >= 11 is 0. The van der Waals surface area contributed by atoms with Crippen LogP contribution in [0.2, 0.25) is 0 Å². The Labute approximate surface area is 124 Å². The molecule has 0 radical (unpaired) electrons. The number of nitrogens with one attached hydrogen (secondary N) is 1. The largest absolute Gasteiger partial charge is 0.462 e. The third-order valence-electron chi connectivity index (χ3n) is 3.23. The van der Waals surface area contributed by atoms with Gasteiger partial charge in [-0.1, -0.05) is 39.5 Å².